The van der Waals surface area contributed by atoms with Crippen molar-refractivity contribution >= 4 is 0 Å². The van der Waals surface area contributed by atoms with Gasteiger partial charge in [0.15, 0.2) is 0 Å². The van der Waals surface area contributed by atoms with Gasteiger partial charge in [-0.15, -0.1) is 0 Å². The molecule has 1 aliphatic rings. The van der Waals surface area contributed by atoms with Crippen LogP contribution in [0.15, 0.2) is 22.8 Å². The summed E-state index contributed by atoms with van der Waals surface area (Å²) in [5.74, 6) is 0.905. The zero-order chi connectivity index (χ0) is 13.6. The Kier molecular flexibility index (Phi) is 5.46. The van der Waals surface area contributed by atoms with Gasteiger partial charge < -0.3 is 14.5 Å². The van der Waals surface area contributed by atoms with Crippen LogP contribution in [0.4, 0.5) is 0 Å². The summed E-state index contributed by atoms with van der Waals surface area (Å²) in [6, 6.07) is 4.56. The summed E-state index contributed by atoms with van der Waals surface area (Å²) >= 11 is 0. The van der Waals surface area contributed by atoms with Crippen molar-refractivity contribution in [1.82, 2.24) is 5.32 Å². The van der Waals surface area contributed by atoms with E-state index in [4.69, 9.17) is 9.15 Å². The maximum Gasteiger partial charge on any atom is 0.129 e. The fourth-order valence-corrected chi connectivity index (χ4v) is 2.65. The minimum Gasteiger partial charge on any atom is -0.467 e. The van der Waals surface area contributed by atoms with Crippen molar-refractivity contribution in [1.29, 1.82) is 0 Å². The Bertz CT molecular complexity index is 336. The zero-order valence-electron chi connectivity index (χ0n) is 12.3. The molecule has 3 nitrogen and oxygen atoms in total. The van der Waals surface area contributed by atoms with Crippen LogP contribution in [0.1, 0.15) is 51.7 Å². The van der Waals surface area contributed by atoms with E-state index in [0.717, 1.165) is 31.4 Å². The number of rotatable bonds is 7. The first-order chi connectivity index (χ1) is 9.16. The normalized spacial score (nSPS) is 19.7. The molecule has 0 radical (unpaired) electrons. The molecule has 2 rings (SSSR count). The van der Waals surface area contributed by atoms with E-state index in [9.17, 15) is 0 Å². The van der Waals surface area contributed by atoms with Crippen LogP contribution in [0.3, 0.4) is 0 Å². The number of nitrogens with one attached hydrogen (secondary N) is 1. The first-order valence-electron chi connectivity index (χ1n) is 7.49. The minimum atomic E-state index is 0.560. The highest BCUT2D eigenvalue weighted by Crippen LogP contribution is 2.34. The third-order valence-electron chi connectivity index (χ3n) is 4.06. The Morgan fingerprint density at radius 1 is 1.37 bits per heavy atom. The van der Waals surface area contributed by atoms with Gasteiger partial charge in [-0.25, -0.2) is 0 Å². The topological polar surface area (TPSA) is 34.4 Å². The fourth-order valence-electron chi connectivity index (χ4n) is 2.65. The van der Waals surface area contributed by atoms with Crippen LogP contribution in [0.5, 0.6) is 0 Å². The lowest BCUT2D eigenvalue weighted by atomic mass is 9.75. The summed E-state index contributed by atoms with van der Waals surface area (Å²) in [4.78, 5) is 0. The summed E-state index contributed by atoms with van der Waals surface area (Å²) in [5.41, 5.74) is 0.560. The number of furan rings is 1. The zero-order valence-corrected chi connectivity index (χ0v) is 12.3. The monoisotopic (exact) mass is 265 g/mol. The predicted molar refractivity (Wildman–Crippen MR) is 77.0 cm³/mol. The van der Waals surface area contributed by atoms with Crippen molar-refractivity contribution in [3.8, 4) is 0 Å². The van der Waals surface area contributed by atoms with E-state index in [2.05, 4.69) is 19.2 Å². The molecule has 1 N–H and O–H groups in total. The molecule has 1 aromatic rings. The van der Waals surface area contributed by atoms with Gasteiger partial charge in [-0.1, -0.05) is 13.8 Å². The summed E-state index contributed by atoms with van der Waals surface area (Å²) < 4.78 is 10.8. The van der Waals surface area contributed by atoms with Gasteiger partial charge in [0.1, 0.15) is 12.4 Å². The molecular formula is C16H27NO2. The van der Waals surface area contributed by atoms with Crippen LogP contribution in [-0.4, -0.2) is 19.2 Å². The molecule has 19 heavy (non-hydrogen) atoms. The molecule has 0 bridgehead atoms. The van der Waals surface area contributed by atoms with Crippen LogP contribution in [0.25, 0.3) is 0 Å². The average Bonchev–Trinajstić information content (AvgIpc) is 2.88. The van der Waals surface area contributed by atoms with E-state index >= 15 is 0 Å². The lowest BCUT2D eigenvalue weighted by molar-refractivity contribution is 0.102. The minimum absolute atomic E-state index is 0.560. The number of hydrogen-bond donors (Lipinski definition) is 1. The predicted octanol–water partition coefficient (Wildman–Crippen LogP) is 3.74. The molecule has 3 heteroatoms. The largest absolute Gasteiger partial charge is 0.467 e. The maximum absolute atomic E-state index is 5.57. The molecule has 1 heterocycles. The fraction of sp³-hybridized carbons (Fsp3) is 0.750. The van der Waals surface area contributed by atoms with Crippen LogP contribution in [0.2, 0.25) is 0 Å². The number of ether oxygens (including phenoxy) is 1. The molecule has 0 aromatic carbocycles. The smallest absolute Gasteiger partial charge is 0.129 e. The molecule has 0 unspecified atom stereocenters. The highest BCUT2D eigenvalue weighted by molar-refractivity contribution is 4.95. The standard InChI is InChI=1S/C16H27NO2/c1-16(2)8-6-14(7-9-16)17-10-4-11-18-13-15-5-3-12-19-15/h3,5,12,14,17H,4,6-11,13H2,1-2H3. The Morgan fingerprint density at radius 2 is 2.16 bits per heavy atom. The van der Waals surface area contributed by atoms with Crippen molar-refractivity contribution in [2.75, 3.05) is 13.2 Å². The van der Waals surface area contributed by atoms with Crippen molar-refractivity contribution in [3.63, 3.8) is 0 Å². The van der Waals surface area contributed by atoms with Gasteiger partial charge >= 0.3 is 0 Å². The Hall–Kier alpha value is -0.800. The molecule has 1 aliphatic carbocycles. The average molecular weight is 265 g/mol. The molecule has 1 aromatic heterocycles. The number of hydrogen-bond acceptors (Lipinski definition) is 3. The molecule has 0 atom stereocenters. The summed E-state index contributed by atoms with van der Waals surface area (Å²) in [6.07, 6.45) is 8.09. The molecule has 0 spiro atoms. The van der Waals surface area contributed by atoms with Crippen molar-refractivity contribution < 1.29 is 9.15 Å². The maximum atomic E-state index is 5.57. The third-order valence-corrected chi connectivity index (χ3v) is 4.06. The Labute approximate surface area is 116 Å². The molecule has 0 amide bonds. The van der Waals surface area contributed by atoms with Gasteiger partial charge in [-0.3, -0.25) is 0 Å². The summed E-state index contributed by atoms with van der Waals surface area (Å²) in [7, 11) is 0. The van der Waals surface area contributed by atoms with Crippen LogP contribution in [0, 0.1) is 5.41 Å². The first-order valence-corrected chi connectivity index (χ1v) is 7.49. The highest BCUT2D eigenvalue weighted by atomic mass is 16.5. The lowest BCUT2D eigenvalue weighted by Crippen LogP contribution is -2.36. The van der Waals surface area contributed by atoms with Crippen molar-refractivity contribution in [3.05, 3.63) is 24.2 Å². The van der Waals surface area contributed by atoms with Gasteiger partial charge in [0, 0.05) is 12.6 Å². The second-order valence-corrected chi connectivity index (χ2v) is 6.38. The van der Waals surface area contributed by atoms with Gasteiger partial charge in [-0.2, -0.15) is 0 Å². The molecule has 1 fully saturated rings. The summed E-state index contributed by atoms with van der Waals surface area (Å²) in [5, 5.41) is 3.65. The van der Waals surface area contributed by atoms with E-state index in [0.29, 0.717) is 12.0 Å². The summed E-state index contributed by atoms with van der Waals surface area (Å²) in [6.45, 7) is 7.21. The Balaban J connectivity index is 1.46. The molecule has 108 valence electrons. The highest BCUT2D eigenvalue weighted by Gasteiger charge is 2.26. The molecule has 0 saturated heterocycles. The molecule has 0 aliphatic heterocycles. The van der Waals surface area contributed by atoms with E-state index in [1.54, 1.807) is 6.26 Å². The van der Waals surface area contributed by atoms with E-state index in [-0.39, 0.29) is 0 Å². The Morgan fingerprint density at radius 3 is 2.84 bits per heavy atom. The quantitative estimate of drug-likeness (QED) is 0.763. The lowest BCUT2D eigenvalue weighted by Gasteiger charge is -2.34. The van der Waals surface area contributed by atoms with Crippen molar-refractivity contribution in [2.45, 2.75) is 58.6 Å². The first kappa shape index (κ1) is 14.6. The van der Waals surface area contributed by atoms with E-state index in [1.165, 1.54) is 25.7 Å². The van der Waals surface area contributed by atoms with Crippen molar-refractivity contribution in [2.24, 2.45) is 5.41 Å². The van der Waals surface area contributed by atoms with E-state index < -0.39 is 0 Å². The van der Waals surface area contributed by atoms with Gasteiger partial charge in [0.25, 0.3) is 0 Å². The SMILES string of the molecule is CC1(C)CCC(NCCCOCc2ccco2)CC1. The second-order valence-electron chi connectivity index (χ2n) is 6.38. The van der Waals surface area contributed by atoms with Crippen LogP contribution >= 0.6 is 0 Å². The van der Waals surface area contributed by atoms with Crippen LogP contribution in [-0.2, 0) is 11.3 Å². The van der Waals surface area contributed by atoms with Crippen LogP contribution < -0.4 is 5.32 Å². The third kappa shape index (κ3) is 5.37. The van der Waals surface area contributed by atoms with Gasteiger partial charge in [0.05, 0.1) is 6.26 Å². The molecular weight excluding hydrogens is 238 g/mol. The van der Waals surface area contributed by atoms with Gasteiger partial charge in [-0.05, 0) is 56.2 Å². The van der Waals surface area contributed by atoms with Gasteiger partial charge in [0.2, 0.25) is 0 Å². The van der Waals surface area contributed by atoms with E-state index in [1.807, 2.05) is 12.1 Å². The second kappa shape index (κ2) is 7.11. The molecule has 1 saturated carbocycles.